The van der Waals surface area contributed by atoms with E-state index in [1.165, 1.54) is 10.9 Å². The van der Waals surface area contributed by atoms with Gasteiger partial charge in [-0.05, 0) is 37.6 Å². The van der Waals surface area contributed by atoms with Crippen LogP contribution in [0.4, 0.5) is 0 Å². The van der Waals surface area contributed by atoms with Crippen molar-refractivity contribution in [3.05, 3.63) is 40.9 Å². The van der Waals surface area contributed by atoms with Gasteiger partial charge in [-0.1, -0.05) is 19.1 Å². The topological polar surface area (TPSA) is 76.0 Å². The molecule has 2 N–H and O–H groups in total. The van der Waals surface area contributed by atoms with Gasteiger partial charge in [-0.2, -0.15) is 0 Å². The first kappa shape index (κ1) is 14.7. The first-order valence-corrected chi connectivity index (χ1v) is 7.59. The fourth-order valence-electron chi connectivity index (χ4n) is 2.85. The molecule has 2 aromatic rings. The number of benzene rings is 1. The third-order valence-electron chi connectivity index (χ3n) is 4.18. The summed E-state index contributed by atoms with van der Waals surface area (Å²) in [7, 11) is 0. The summed E-state index contributed by atoms with van der Waals surface area (Å²) in [6.45, 7) is 3.93. The molecule has 1 amide bonds. The van der Waals surface area contributed by atoms with Crippen LogP contribution in [0.25, 0.3) is 10.9 Å². The predicted molar refractivity (Wildman–Crippen MR) is 84.6 cm³/mol. The molecule has 1 fully saturated rings. The van der Waals surface area contributed by atoms with Crippen LogP contribution < -0.4 is 16.2 Å². The predicted octanol–water partition coefficient (Wildman–Crippen LogP) is 0.511. The van der Waals surface area contributed by atoms with Crippen molar-refractivity contribution in [2.45, 2.75) is 25.9 Å². The normalized spacial score (nSPS) is 21.7. The van der Waals surface area contributed by atoms with Crippen LogP contribution in [0.2, 0.25) is 0 Å². The number of rotatable bonds is 3. The maximum absolute atomic E-state index is 12.4. The van der Waals surface area contributed by atoms with Crippen LogP contribution in [0.5, 0.6) is 0 Å². The molecule has 6 heteroatoms. The van der Waals surface area contributed by atoms with Crippen LogP contribution >= 0.6 is 0 Å². The van der Waals surface area contributed by atoms with Gasteiger partial charge < -0.3 is 10.6 Å². The van der Waals surface area contributed by atoms with E-state index in [-0.39, 0.29) is 24.1 Å². The van der Waals surface area contributed by atoms with E-state index < -0.39 is 0 Å². The number of piperidine rings is 1. The second-order valence-corrected chi connectivity index (χ2v) is 5.84. The zero-order chi connectivity index (χ0) is 15.5. The minimum absolute atomic E-state index is 0.00726. The lowest BCUT2D eigenvalue weighted by Gasteiger charge is -2.30. The maximum Gasteiger partial charge on any atom is 0.261 e. The summed E-state index contributed by atoms with van der Waals surface area (Å²) in [5, 5.41) is 6.86. The van der Waals surface area contributed by atoms with Crippen molar-refractivity contribution in [2.24, 2.45) is 5.92 Å². The van der Waals surface area contributed by atoms with E-state index in [0.717, 1.165) is 19.5 Å². The Kier molecular flexibility index (Phi) is 4.20. The molecule has 0 aliphatic carbocycles. The molecule has 0 spiro atoms. The molecule has 6 nitrogen and oxygen atoms in total. The highest BCUT2D eigenvalue weighted by Gasteiger charge is 2.22. The van der Waals surface area contributed by atoms with Gasteiger partial charge in [0.2, 0.25) is 5.91 Å². The number of hydrogen-bond donors (Lipinski definition) is 2. The molecule has 116 valence electrons. The Morgan fingerprint density at radius 3 is 3.09 bits per heavy atom. The summed E-state index contributed by atoms with van der Waals surface area (Å²) in [5.41, 5.74) is 0.468. The van der Waals surface area contributed by atoms with Gasteiger partial charge in [0.15, 0.2) is 0 Å². The number of fused-ring (bicyclic) bond motifs is 1. The largest absolute Gasteiger partial charge is 0.351 e. The number of nitrogens with zero attached hydrogens (tertiary/aromatic N) is 2. The van der Waals surface area contributed by atoms with Gasteiger partial charge >= 0.3 is 0 Å². The Labute approximate surface area is 128 Å². The molecule has 0 saturated carbocycles. The molecule has 2 atom stereocenters. The zero-order valence-corrected chi connectivity index (χ0v) is 12.6. The van der Waals surface area contributed by atoms with Crippen molar-refractivity contribution < 1.29 is 4.79 Å². The average Bonchev–Trinajstić information content (AvgIpc) is 2.53. The zero-order valence-electron chi connectivity index (χ0n) is 12.6. The molecule has 3 rings (SSSR count). The maximum atomic E-state index is 12.4. The lowest BCUT2D eigenvalue weighted by atomic mass is 9.95. The third kappa shape index (κ3) is 3.01. The fourth-order valence-corrected chi connectivity index (χ4v) is 2.85. The molecule has 1 aliphatic heterocycles. The molecule has 1 aliphatic rings. The summed E-state index contributed by atoms with van der Waals surface area (Å²) in [6.07, 6.45) is 2.36. The number of hydrogen-bond acceptors (Lipinski definition) is 4. The molecular weight excluding hydrogens is 280 g/mol. The number of carbonyl (C=O) groups excluding carboxylic acids is 1. The smallest absolute Gasteiger partial charge is 0.261 e. The van der Waals surface area contributed by atoms with Gasteiger partial charge in [-0.25, -0.2) is 4.98 Å². The monoisotopic (exact) mass is 300 g/mol. The Bertz CT molecular complexity index is 740. The molecule has 22 heavy (non-hydrogen) atoms. The van der Waals surface area contributed by atoms with Gasteiger partial charge in [0.1, 0.15) is 6.54 Å². The van der Waals surface area contributed by atoms with Crippen LogP contribution in [0.1, 0.15) is 13.3 Å². The highest BCUT2D eigenvalue weighted by atomic mass is 16.2. The van der Waals surface area contributed by atoms with E-state index in [1.807, 2.05) is 6.07 Å². The van der Waals surface area contributed by atoms with E-state index in [0.29, 0.717) is 16.8 Å². The Morgan fingerprint density at radius 1 is 1.45 bits per heavy atom. The minimum atomic E-state index is -0.181. The minimum Gasteiger partial charge on any atom is -0.351 e. The van der Waals surface area contributed by atoms with Gasteiger partial charge in [0, 0.05) is 6.04 Å². The Hall–Kier alpha value is -2.21. The van der Waals surface area contributed by atoms with Crippen LogP contribution in [0.15, 0.2) is 35.4 Å². The molecular formula is C16H20N4O2. The van der Waals surface area contributed by atoms with E-state index in [4.69, 9.17) is 0 Å². The summed E-state index contributed by atoms with van der Waals surface area (Å²) in [5.74, 6) is 0.252. The van der Waals surface area contributed by atoms with Crippen molar-refractivity contribution in [1.82, 2.24) is 20.2 Å². The number of amides is 1. The highest BCUT2D eigenvalue weighted by molar-refractivity contribution is 5.79. The fraction of sp³-hybridized carbons (Fsp3) is 0.438. The average molecular weight is 300 g/mol. The lowest BCUT2D eigenvalue weighted by molar-refractivity contribution is -0.122. The number of carbonyl (C=O) groups is 1. The van der Waals surface area contributed by atoms with Gasteiger partial charge in [-0.3, -0.25) is 14.2 Å². The molecule has 2 heterocycles. The second-order valence-electron chi connectivity index (χ2n) is 5.84. The first-order valence-electron chi connectivity index (χ1n) is 7.59. The number of para-hydroxylation sites is 1. The molecule has 2 unspecified atom stereocenters. The Morgan fingerprint density at radius 2 is 2.27 bits per heavy atom. The van der Waals surface area contributed by atoms with Crippen molar-refractivity contribution in [2.75, 3.05) is 13.1 Å². The second kappa shape index (κ2) is 6.27. The molecule has 1 aromatic carbocycles. The van der Waals surface area contributed by atoms with Crippen molar-refractivity contribution >= 4 is 16.8 Å². The molecule has 1 aromatic heterocycles. The van der Waals surface area contributed by atoms with E-state index in [9.17, 15) is 9.59 Å². The van der Waals surface area contributed by atoms with Crippen LogP contribution in [-0.2, 0) is 11.3 Å². The number of nitrogens with one attached hydrogen (secondary N) is 2. The van der Waals surface area contributed by atoms with E-state index >= 15 is 0 Å². The third-order valence-corrected chi connectivity index (χ3v) is 4.18. The lowest BCUT2D eigenvalue weighted by Crippen LogP contribution is -2.49. The van der Waals surface area contributed by atoms with Gasteiger partial charge in [0.25, 0.3) is 5.56 Å². The van der Waals surface area contributed by atoms with Crippen molar-refractivity contribution in [3.63, 3.8) is 0 Å². The summed E-state index contributed by atoms with van der Waals surface area (Å²) in [4.78, 5) is 28.8. The SMILES string of the molecule is CC1CNCCC1NC(=O)Cn1cnc2ccccc2c1=O. The first-order chi connectivity index (χ1) is 10.6. The standard InChI is InChI=1S/C16H20N4O2/c1-11-8-17-7-6-13(11)19-15(21)9-20-10-18-14-5-3-2-4-12(14)16(20)22/h2-5,10-11,13,17H,6-9H2,1H3,(H,19,21). The van der Waals surface area contributed by atoms with Crippen LogP contribution in [-0.4, -0.2) is 34.6 Å². The van der Waals surface area contributed by atoms with Crippen molar-refractivity contribution in [1.29, 1.82) is 0 Å². The highest BCUT2D eigenvalue weighted by Crippen LogP contribution is 2.10. The van der Waals surface area contributed by atoms with Crippen LogP contribution in [0.3, 0.4) is 0 Å². The summed E-state index contributed by atoms with van der Waals surface area (Å²) >= 11 is 0. The van der Waals surface area contributed by atoms with Crippen LogP contribution in [0, 0.1) is 5.92 Å². The summed E-state index contributed by atoms with van der Waals surface area (Å²) < 4.78 is 1.36. The quantitative estimate of drug-likeness (QED) is 0.866. The molecule has 0 radical (unpaired) electrons. The van der Waals surface area contributed by atoms with E-state index in [2.05, 4.69) is 22.5 Å². The molecule has 0 bridgehead atoms. The van der Waals surface area contributed by atoms with Gasteiger partial charge in [0.05, 0.1) is 17.2 Å². The number of aromatic nitrogens is 2. The summed E-state index contributed by atoms with van der Waals surface area (Å²) in [6, 6.07) is 7.32. The Balaban J connectivity index is 1.74. The molecule has 1 saturated heterocycles. The van der Waals surface area contributed by atoms with E-state index in [1.54, 1.807) is 18.2 Å². The van der Waals surface area contributed by atoms with Gasteiger partial charge in [-0.15, -0.1) is 0 Å². The van der Waals surface area contributed by atoms with Crippen molar-refractivity contribution in [3.8, 4) is 0 Å².